The van der Waals surface area contributed by atoms with E-state index in [9.17, 15) is 9.90 Å². The Balaban J connectivity index is 0.000000309. The van der Waals surface area contributed by atoms with Gasteiger partial charge in [0.25, 0.3) is 0 Å². The van der Waals surface area contributed by atoms with Gasteiger partial charge in [0.05, 0.1) is 11.3 Å². The number of hydrogen-bond acceptors (Lipinski definition) is 4. The van der Waals surface area contributed by atoms with Gasteiger partial charge in [0.15, 0.2) is 5.78 Å². The third-order valence-corrected chi connectivity index (χ3v) is 8.84. The molecule has 1 N–H and O–H groups in total. The second-order valence-electron chi connectivity index (χ2n) is 12.9. The van der Waals surface area contributed by atoms with Crippen molar-refractivity contribution in [2.24, 2.45) is 17.8 Å². The van der Waals surface area contributed by atoms with Crippen molar-refractivity contribution >= 4 is 38.5 Å². The van der Waals surface area contributed by atoms with Gasteiger partial charge >= 0.3 is 0 Å². The van der Waals surface area contributed by atoms with Crippen LogP contribution in [0.3, 0.4) is 0 Å². The van der Waals surface area contributed by atoms with Gasteiger partial charge in [-0.1, -0.05) is 103 Å². The number of para-hydroxylation sites is 1. The van der Waals surface area contributed by atoms with Crippen molar-refractivity contribution in [3.63, 3.8) is 0 Å². The molecule has 0 unspecified atom stereocenters. The number of carbonyl (C=O) groups is 1. The van der Waals surface area contributed by atoms with Gasteiger partial charge in [-0.15, -0.1) is 17.7 Å². The van der Waals surface area contributed by atoms with Gasteiger partial charge in [0, 0.05) is 49.6 Å². The Morgan fingerprint density at radius 2 is 1.54 bits per heavy atom. The number of rotatable bonds is 11. The molecule has 1 radical (unpaired) electrons. The summed E-state index contributed by atoms with van der Waals surface area (Å²) in [5.74, 6) is 1.55. The molecule has 0 bridgehead atoms. The maximum absolute atomic E-state index is 11.7. The molecule has 0 atom stereocenters. The van der Waals surface area contributed by atoms with Crippen LogP contribution in [0.15, 0.2) is 77.0 Å². The Bertz CT molecular complexity index is 1770. The Hall–Kier alpha value is -3.27. The summed E-state index contributed by atoms with van der Waals surface area (Å²) in [7, 11) is 0. The van der Waals surface area contributed by atoms with Crippen LogP contribution in [0.4, 0.5) is 0 Å². The zero-order valence-corrected chi connectivity index (χ0v) is 31.1. The summed E-state index contributed by atoms with van der Waals surface area (Å²) in [6, 6.07) is 22.9. The quantitative estimate of drug-likeness (QED) is 0.0821. The van der Waals surface area contributed by atoms with E-state index >= 15 is 0 Å². The number of aromatic nitrogens is 1. The van der Waals surface area contributed by atoms with Crippen LogP contribution in [0.2, 0.25) is 0 Å². The summed E-state index contributed by atoms with van der Waals surface area (Å²) >= 11 is 0. The van der Waals surface area contributed by atoms with Crippen molar-refractivity contribution in [3.8, 4) is 11.3 Å². The second kappa shape index (κ2) is 17.0. The maximum Gasteiger partial charge on any atom is 0.162 e. The number of aliphatic hydroxyl groups is 1. The molecule has 46 heavy (non-hydrogen) atoms. The minimum absolute atomic E-state index is 0. The molecule has 2 aromatic heterocycles. The van der Waals surface area contributed by atoms with Crippen LogP contribution < -0.4 is 0 Å². The van der Waals surface area contributed by atoms with E-state index in [2.05, 4.69) is 76.2 Å². The molecular formula is C41H50IrNO3-. The summed E-state index contributed by atoms with van der Waals surface area (Å²) in [6.07, 6.45) is 7.89. The number of pyridine rings is 1. The van der Waals surface area contributed by atoms with Crippen LogP contribution in [0.1, 0.15) is 98.1 Å². The normalized spacial score (nSPS) is 12.0. The summed E-state index contributed by atoms with van der Waals surface area (Å²) in [6.45, 7) is 17.0. The van der Waals surface area contributed by atoms with E-state index in [0.717, 1.165) is 70.7 Å². The minimum atomic E-state index is 0. The van der Waals surface area contributed by atoms with Crippen molar-refractivity contribution in [1.29, 1.82) is 0 Å². The van der Waals surface area contributed by atoms with Gasteiger partial charge in [-0.3, -0.25) is 4.79 Å². The zero-order chi connectivity index (χ0) is 32.7. The van der Waals surface area contributed by atoms with E-state index in [1.54, 1.807) is 0 Å². The fourth-order valence-electron chi connectivity index (χ4n) is 6.07. The molecule has 0 spiro atoms. The number of carbonyl (C=O) groups excluding carboxylic acids is 1. The van der Waals surface area contributed by atoms with Crippen LogP contribution in [-0.2, 0) is 31.3 Å². The van der Waals surface area contributed by atoms with E-state index in [4.69, 9.17) is 9.40 Å². The first kappa shape index (κ1) is 37.2. The fourth-order valence-corrected chi connectivity index (χ4v) is 6.07. The predicted molar refractivity (Wildman–Crippen MR) is 190 cm³/mol. The number of aliphatic hydroxyl groups excluding tert-OH is 1. The molecule has 247 valence electrons. The molecule has 0 aliphatic carbocycles. The van der Waals surface area contributed by atoms with Gasteiger partial charge in [0.2, 0.25) is 0 Å². The van der Waals surface area contributed by atoms with Crippen LogP contribution in [0, 0.1) is 23.8 Å². The zero-order valence-electron chi connectivity index (χ0n) is 28.7. The summed E-state index contributed by atoms with van der Waals surface area (Å²) in [5.41, 5.74) is 6.21. The van der Waals surface area contributed by atoms with E-state index < -0.39 is 0 Å². The number of allylic oxidation sites excluding steroid dienone is 2. The largest absolute Gasteiger partial charge is 0.512 e. The number of nitrogens with zero attached hydrogens (tertiary/aromatic N) is 1. The van der Waals surface area contributed by atoms with Crippen molar-refractivity contribution < 1.29 is 34.4 Å². The van der Waals surface area contributed by atoms with Gasteiger partial charge in [-0.2, -0.15) is 0 Å². The van der Waals surface area contributed by atoms with E-state index in [1.165, 1.54) is 22.6 Å². The molecule has 4 nitrogen and oxygen atoms in total. The van der Waals surface area contributed by atoms with Crippen molar-refractivity contribution in [3.05, 3.63) is 89.8 Å². The first-order valence-electron chi connectivity index (χ1n) is 16.8. The van der Waals surface area contributed by atoms with Gasteiger partial charge in [-0.05, 0) is 78.1 Å². The van der Waals surface area contributed by atoms with Crippen LogP contribution in [0.5, 0.6) is 0 Å². The Labute approximate surface area is 289 Å². The average molecular weight is 797 g/mol. The van der Waals surface area contributed by atoms with Crippen LogP contribution in [0.25, 0.3) is 44.0 Å². The summed E-state index contributed by atoms with van der Waals surface area (Å²) < 4.78 is 6.33. The molecule has 0 fully saturated rings. The standard InChI is InChI=1S/C28H26NO.C13H24O2.Ir/c1-17(2)13-19-9-10-22-20(14-19)11-12-29-27(22)25-16-21(18(3)4)15-24-23-7-5-6-8-26(23)30-28(24)25;1-5-10(6-2)12(14)9-13(15)11(7-3)8-4;/h5-12,14-15,17-18H,13H2,1-4H3;9-11,14H,5-8H2,1-4H3;/q-1;;/b;12-9-;. The molecule has 0 amide bonds. The van der Waals surface area contributed by atoms with Crippen molar-refractivity contribution in [2.45, 2.75) is 93.4 Å². The monoisotopic (exact) mass is 797 g/mol. The van der Waals surface area contributed by atoms with Gasteiger partial charge in [-0.25, -0.2) is 0 Å². The predicted octanol–water partition coefficient (Wildman–Crippen LogP) is 11.8. The second-order valence-corrected chi connectivity index (χ2v) is 12.9. The molecule has 0 saturated carbocycles. The first-order chi connectivity index (χ1) is 21.6. The molecule has 0 aliphatic rings. The van der Waals surface area contributed by atoms with Gasteiger partial charge in [0.1, 0.15) is 5.58 Å². The molecule has 0 saturated heterocycles. The number of fused-ring (bicyclic) bond motifs is 4. The Morgan fingerprint density at radius 3 is 2.17 bits per heavy atom. The van der Waals surface area contributed by atoms with Crippen molar-refractivity contribution in [2.75, 3.05) is 0 Å². The topological polar surface area (TPSA) is 63.3 Å². The fraction of sp³-hybridized carbons (Fsp3) is 0.415. The summed E-state index contributed by atoms with van der Waals surface area (Å²) in [4.78, 5) is 16.5. The van der Waals surface area contributed by atoms with E-state index in [1.807, 2.05) is 46.0 Å². The molecule has 2 heterocycles. The van der Waals surface area contributed by atoms with Crippen LogP contribution in [-0.4, -0.2) is 15.9 Å². The molecular weight excluding hydrogens is 747 g/mol. The maximum atomic E-state index is 11.7. The number of hydrogen-bond donors (Lipinski definition) is 1. The smallest absolute Gasteiger partial charge is 0.162 e. The SMILES string of the molecule is CC(C)Cc1ccc2c(-c3[c-]c(C(C)C)cc4c3oc3ccccc34)nccc2c1.CCC(CC)C(=O)/C=C(\O)C(CC)CC.[Ir]. The molecule has 3 aromatic carbocycles. The number of furan rings is 1. The van der Waals surface area contributed by atoms with Crippen molar-refractivity contribution in [1.82, 2.24) is 4.98 Å². The number of ketones is 1. The first-order valence-corrected chi connectivity index (χ1v) is 16.8. The molecule has 5 rings (SSSR count). The van der Waals surface area contributed by atoms with E-state index in [0.29, 0.717) is 11.8 Å². The Kier molecular flexibility index (Phi) is 13.8. The summed E-state index contributed by atoms with van der Waals surface area (Å²) in [5, 5.41) is 14.4. The number of benzene rings is 3. The average Bonchev–Trinajstić information content (AvgIpc) is 3.40. The molecule has 5 heteroatoms. The minimum Gasteiger partial charge on any atom is -0.512 e. The third kappa shape index (κ3) is 8.55. The van der Waals surface area contributed by atoms with Gasteiger partial charge < -0.3 is 14.5 Å². The Morgan fingerprint density at radius 1 is 0.870 bits per heavy atom. The molecule has 0 aliphatic heterocycles. The third-order valence-electron chi connectivity index (χ3n) is 8.84. The molecule has 5 aromatic rings. The van der Waals surface area contributed by atoms with Crippen LogP contribution >= 0.6 is 0 Å². The van der Waals surface area contributed by atoms with E-state index in [-0.39, 0.29) is 43.5 Å².